The predicted octanol–water partition coefficient (Wildman–Crippen LogP) is 3.98. The van der Waals surface area contributed by atoms with E-state index in [1.165, 1.54) is 24.8 Å². The third-order valence-corrected chi connectivity index (χ3v) is 3.66. The van der Waals surface area contributed by atoms with Crippen molar-refractivity contribution in [2.24, 2.45) is 0 Å². The number of ether oxygens (including phenoxy) is 1. The molecule has 2 nitrogen and oxygen atoms in total. The van der Waals surface area contributed by atoms with E-state index in [-0.39, 0.29) is 6.10 Å². The molecule has 1 aliphatic heterocycles. The van der Waals surface area contributed by atoms with Crippen molar-refractivity contribution in [1.29, 1.82) is 0 Å². The number of nitrogens with one attached hydrogen (secondary N) is 1. The lowest BCUT2D eigenvalue weighted by atomic mass is 9.92. The van der Waals surface area contributed by atoms with Crippen LogP contribution in [0.3, 0.4) is 0 Å². The molecular formula is C15H22ClNO. The van der Waals surface area contributed by atoms with Gasteiger partial charge in [0.1, 0.15) is 5.75 Å². The molecule has 0 radical (unpaired) electrons. The molecule has 0 amide bonds. The van der Waals surface area contributed by atoms with Crippen molar-refractivity contribution < 1.29 is 4.74 Å². The molecule has 2 rings (SSSR count). The molecule has 1 aromatic carbocycles. The van der Waals surface area contributed by atoms with E-state index in [1.807, 2.05) is 19.9 Å². The Balaban J connectivity index is 2.11. The normalized spacial score (nSPS) is 20.8. The highest BCUT2D eigenvalue weighted by atomic mass is 35.5. The van der Waals surface area contributed by atoms with E-state index in [0.29, 0.717) is 5.92 Å². The minimum absolute atomic E-state index is 0.162. The quantitative estimate of drug-likeness (QED) is 0.894. The molecule has 1 N–H and O–H groups in total. The van der Waals surface area contributed by atoms with Crippen molar-refractivity contribution in [3.8, 4) is 5.75 Å². The van der Waals surface area contributed by atoms with Gasteiger partial charge in [-0.1, -0.05) is 17.7 Å². The number of halogens is 1. The summed E-state index contributed by atoms with van der Waals surface area (Å²) in [7, 11) is 0. The average Bonchev–Trinajstić information content (AvgIpc) is 2.60. The molecule has 0 saturated carbocycles. The van der Waals surface area contributed by atoms with Crippen molar-refractivity contribution in [2.45, 2.75) is 45.1 Å². The van der Waals surface area contributed by atoms with Crippen LogP contribution in [0.2, 0.25) is 5.02 Å². The molecule has 1 unspecified atom stereocenters. The lowest BCUT2D eigenvalue weighted by molar-refractivity contribution is 0.242. The first-order chi connectivity index (χ1) is 8.66. The van der Waals surface area contributed by atoms with Crippen molar-refractivity contribution in [2.75, 3.05) is 13.1 Å². The average molecular weight is 268 g/mol. The standard InChI is InChI=1S/C15H22ClNO/c1-11(2)18-15-6-5-13(10-14(15)16)12-4-3-8-17-9-7-12/h5-6,10-12,17H,3-4,7-9H2,1-2H3. The van der Waals surface area contributed by atoms with Crippen LogP contribution in [0.15, 0.2) is 18.2 Å². The van der Waals surface area contributed by atoms with Crippen molar-refractivity contribution >= 4 is 11.6 Å². The SMILES string of the molecule is CC(C)Oc1ccc(C2CCCNCC2)cc1Cl. The maximum Gasteiger partial charge on any atom is 0.138 e. The minimum Gasteiger partial charge on any atom is -0.489 e. The van der Waals surface area contributed by atoms with Gasteiger partial charge in [-0.15, -0.1) is 0 Å². The molecule has 100 valence electrons. The molecule has 0 spiro atoms. The van der Waals surface area contributed by atoms with Crippen LogP contribution in [-0.2, 0) is 0 Å². The fourth-order valence-electron chi connectivity index (χ4n) is 2.47. The zero-order chi connectivity index (χ0) is 13.0. The van der Waals surface area contributed by atoms with E-state index in [0.717, 1.165) is 23.9 Å². The molecule has 3 heteroatoms. The van der Waals surface area contributed by atoms with E-state index in [9.17, 15) is 0 Å². The summed E-state index contributed by atoms with van der Waals surface area (Å²) >= 11 is 6.29. The smallest absolute Gasteiger partial charge is 0.138 e. The maximum atomic E-state index is 6.29. The van der Waals surface area contributed by atoms with Gasteiger partial charge in [0.2, 0.25) is 0 Å². The van der Waals surface area contributed by atoms with Crippen LogP contribution < -0.4 is 10.1 Å². The highest BCUT2D eigenvalue weighted by Gasteiger charge is 2.15. The lowest BCUT2D eigenvalue weighted by Crippen LogP contribution is -2.13. The first-order valence-electron chi connectivity index (χ1n) is 6.83. The van der Waals surface area contributed by atoms with Gasteiger partial charge < -0.3 is 10.1 Å². The van der Waals surface area contributed by atoms with E-state index >= 15 is 0 Å². The summed E-state index contributed by atoms with van der Waals surface area (Å²) in [5.41, 5.74) is 1.35. The topological polar surface area (TPSA) is 21.3 Å². The Morgan fingerprint density at radius 2 is 2.11 bits per heavy atom. The van der Waals surface area contributed by atoms with Crippen LogP contribution >= 0.6 is 11.6 Å². The Bertz CT molecular complexity index is 384. The Morgan fingerprint density at radius 1 is 1.28 bits per heavy atom. The zero-order valence-electron chi connectivity index (χ0n) is 11.2. The molecule has 1 saturated heterocycles. The van der Waals surface area contributed by atoms with E-state index in [2.05, 4.69) is 17.4 Å². The van der Waals surface area contributed by atoms with Crippen LogP contribution in [0.1, 0.15) is 44.6 Å². The first kappa shape index (κ1) is 13.7. The Labute approximate surface area is 115 Å². The van der Waals surface area contributed by atoms with Gasteiger partial charge >= 0.3 is 0 Å². The van der Waals surface area contributed by atoms with Gasteiger partial charge in [0, 0.05) is 0 Å². The second kappa shape index (κ2) is 6.44. The van der Waals surface area contributed by atoms with Crippen LogP contribution in [-0.4, -0.2) is 19.2 Å². The molecule has 0 aromatic heterocycles. The number of rotatable bonds is 3. The molecule has 0 aliphatic carbocycles. The van der Waals surface area contributed by atoms with Crippen LogP contribution in [0.25, 0.3) is 0 Å². The van der Waals surface area contributed by atoms with E-state index in [4.69, 9.17) is 16.3 Å². The van der Waals surface area contributed by atoms with Crippen molar-refractivity contribution in [3.05, 3.63) is 28.8 Å². The van der Waals surface area contributed by atoms with Gasteiger partial charge in [-0.3, -0.25) is 0 Å². The van der Waals surface area contributed by atoms with E-state index < -0.39 is 0 Å². The highest BCUT2D eigenvalue weighted by molar-refractivity contribution is 6.32. The lowest BCUT2D eigenvalue weighted by Gasteiger charge is -2.17. The summed E-state index contributed by atoms with van der Waals surface area (Å²) in [6.45, 7) is 6.27. The van der Waals surface area contributed by atoms with Gasteiger partial charge in [-0.05, 0) is 69.8 Å². The summed E-state index contributed by atoms with van der Waals surface area (Å²) in [5.74, 6) is 1.42. The zero-order valence-corrected chi connectivity index (χ0v) is 12.0. The fourth-order valence-corrected chi connectivity index (χ4v) is 2.71. The minimum atomic E-state index is 0.162. The summed E-state index contributed by atoms with van der Waals surface area (Å²) in [6.07, 6.45) is 3.84. The maximum absolute atomic E-state index is 6.29. The van der Waals surface area contributed by atoms with Crippen LogP contribution in [0.5, 0.6) is 5.75 Å². The van der Waals surface area contributed by atoms with Crippen molar-refractivity contribution in [3.63, 3.8) is 0 Å². The molecule has 1 aliphatic rings. The summed E-state index contributed by atoms with van der Waals surface area (Å²) < 4.78 is 5.67. The third kappa shape index (κ3) is 3.63. The number of benzene rings is 1. The number of hydrogen-bond acceptors (Lipinski definition) is 2. The molecule has 1 atom stereocenters. The monoisotopic (exact) mass is 267 g/mol. The third-order valence-electron chi connectivity index (χ3n) is 3.37. The van der Waals surface area contributed by atoms with Gasteiger partial charge in [-0.2, -0.15) is 0 Å². The molecule has 18 heavy (non-hydrogen) atoms. The van der Waals surface area contributed by atoms with Gasteiger partial charge in [0.25, 0.3) is 0 Å². The summed E-state index contributed by atoms with van der Waals surface area (Å²) in [5, 5.41) is 4.18. The van der Waals surface area contributed by atoms with Gasteiger partial charge in [0.15, 0.2) is 0 Å². The second-order valence-electron chi connectivity index (χ2n) is 5.23. The first-order valence-corrected chi connectivity index (χ1v) is 7.21. The molecule has 1 aromatic rings. The molecular weight excluding hydrogens is 246 g/mol. The Hall–Kier alpha value is -0.730. The predicted molar refractivity (Wildman–Crippen MR) is 76.7 cm³/mol. The highest BCUT2D eigenvalue weighted by Crippen LogP contribution is 2.32. The summed E-state index contributed by atoms with van der Waals surface area (Å²) in [6, 6.07) is 6.25. The van der Waals surface area contributed by atoms with Crippen LogP contribution in [0, 0.1) is 0 Å². The molecule has 0 bridgehead atoms. The fraction of sp³-hybridized carbons (Fsp3) is 0.600. The Morgan fingerprint density at radius 3 is 2.83 bits per heavy atom. The molecule has 1 heterocycles. The largest absolute Gasteiger partial charge is 0.489 e. The summed E-state index contributed by atoms with van der Waals surface area (Å²) in [4.78, 5) is 0. The van der Waals surface area contributed by atoms with E-state index in [1.54, 1.807) is 0 Å². The van der Waals surface area contributed by atoms with Crippen molar-refractivity contribution in [1.82, 2.24) is 5.32 Å². The number of hydrogen-bond donors (Lipinski definition) is 1. The van der Waals surface area contributed by atoms with Gasteiger partial charge in [-0.25, -0.2) is 0 Å². The van der Waals surface area contributed by atoms with Gasteiger partial charge in [0.05, 0.1) is 11.1 Å². The van der Waals surface area contributed by atoms with Crippen LogP contribution in [0.4, 0.5) is 0 Å². The Kier molecular flexibility index (Phi) is 4.90. The molecule has 1 fully saturated rings. The second-order valence-corrected chi connectivity index (χ2v) is 5.64.